The van der Waals surface area contributed by atoms with Gasteiger partial charge in [0.15, 0.2) is 5.17 Å². The Kier molecular flexibility index (Phi) is 6.43. The molecule has 0 bridgehead atoms. The van der Waals surface area contributed by atoms with Crippen LogP contribution >= 0.6 is 11.8 Å². The molecule has 1 atom stereocenters. The highest BCUT2D eigenvalue weighted by molar-refractivity contribution is 8.15. The number of carbonyl (C=O) groups is 2. The van der Waals surface area contributed by atoms with Gasteiger partial charge in [-0.1, -0.05) is 23.9 Å². The van der Waals surface area contributed by atoms with Crippen LogP contribution in [0.5, 0.6) is 0 Å². The van der Waals surface area contributed by atoms with Crippen LogP contribution in [0.25, 0.3) is 0 Å². The molecule has 0 aliphatic carbocycles. The summed E-state index contributed by atoms with van der Waals surface area (Å²) in [4.78, 5) is 30.8. The van der Waals surface area contributed by atoms with Gasteiger partial charge < -0.3 is 5.32 Å². The number of anilines is 1. The number of aryl methyl sites for hydroxylation is 1. The van der Waals surface area contributed by atoms with Crippen molar-refractivity contribution in [2.45, 2.75) is 18.6 Å². The van der Waals surface area contributed by atoms with Crippen molar-refractivity contribution in [1.29, 1.82) is 0 Å². The second-order valence-corrected chi connectivity index (χ2v) is 7.60. The largest absolute Gasteiger partial charge is 0.326 e. The van der Waals surface area contributed by atoms with Crippen LogP contribution in [0.1, 0.15) is 12.0 Å². The van der Waals surface area contributed by atoms with E-state index < -0.39 is 11.1 Å². The lowest BCUT2D eigenvalue weighted by atomic mass is 10.2. The SMILES string of the molecule is C=CCN1C(=O)[C@H](CC(=O)Nc2ccc(F)cc2)SC1=Nc1ccc(C)c(F)c1. The first-order valence-corrected chi connectivity index (χ1v) is 9.74. The molecule has 3 rings (SSSR count). The molecule has 1 fully saturated rings. The number of carbonyl (C=O) groups excluding carboxylic acids is 2. The predicted molar refractivity (Wildman–Crippen MR) is 111 cm³/mol. The van der Waals surface area contributed by atoms with Crippen molar-refractivity contribution < 1.29 is 18.4 Å². The summed E-state index contributed by atoms with van der Waals surface area (Å²) < 4.78 is 26.8. The number of halogens is 2. The molecule has 0 unspecified atom stereocenters. The maximum absolute atomic E-state index is 13.8. The van der Waals surface area contributed by atoms with Crippen molar-refractivity contribution >= 4 is 40.1 Å². The second kappa shape index (κ2) is 9.00. The highest BCUT2D eigenvalue weighted by Gasteiger charge is 2.38. The monoisotopic (exact) mass is 415 g/mol. The molecule has 0 radical (unpaired) electrons. The van der Waals surface area contributed by atoms with Crippen LogP contribution in [0, 0.1) is 18.6 Å². The molecule has 1 saturated heterocycles. The summed E-state index contributed by atoms with van der Waals surface area (Å²) in [5, 5.41) is 2.37. The molecule has 150 valence electrons. The summed E-state index contributed by atoms with van der Waals surface area (Å²) in [6.45, 7) is 5.53. The molecule has 8 heteroatoms. The lowest BCUT2D eigenvalue weighted by Crippen LogP contribution is -2.33. The zero-order valence-corrected chi connectivity index (χ0v) is 16.5. The number of thioether (sulfide) groups is 1. The van der Waals surface area contributed by atoms with E-state index in [0.29, 0.717) is 22.1 Å². The molecule has 2 aromatic rings. The van der Waals surface area contributed by atoms with Gasteiger partial charge in [0.2, 0.25) is 11.8 Å². The summed E-state index contributed by atoms with van der Waals surface area (Å²) in [7, 11) is 0. The first-order valence-electron chi connectivity index (χ1n) is 8.86. The molecule has 0 saturated carbocycles. The molecule has 1 aliphatic rings. The summed E-state index contributed by atoms with van der Waals surface area (Å²) in [5.41, 5.74) is 1.33. The second-order valence-electron chi connectivity index (χ2n) is 6.43. The molecule has 2 aromatic carbocycles. The maximum Gasteiger partial charge on any atom is 0.242 e. The standard InChI is InChI=1S/C21H19F2N3O2S/c1-3-10-26-20(28)18(12-19(27)24-15-8-5-14(22)6-9-15)29-21(26)25-16-7-4-13(2)17(23)11-16/h3-9,11,18H,1,10,12H2,2H3,(H,24,27)/t18-/m0/s1. The summed E-state index contributed by atoms with van der Waals surface area (Å²) in [6.07, 6.45) is 1.49. The molecular formula is C21H19F2N3O2S. The lowest BCUT2D eigenvalue weighted by Gasteiger charge is -2.14. The molecule has 5 nitrogen and oxygen atoms in total. The summed E-state index contributed by atoms with van der Waals surface area (Å²) in [5.74, 6) is -1.43. The number of nitrogens with zero attached hydrogens (tertiary/aromatic N) is 2. The number of nitrogens with one attached hydrogen (secondary N) is 1. The summed E-state index contributed by atoms with van der Waals surface area (Å²) in [6, 6.07) is 9.94. The third kappa shape index (κ3) is 5.08. The molecule has 0 aromatic heterocycles. The van der Waals surface area contributed by atoms with Crippen molar-refractivity contribution in [3.8, 4) is 0 Å². The number of amidine groups is 1. The number of benzene rings is 2. The molecule has 1 aliphatic heterocycles. The molecule has 29 heavy (non-hydrogen) atoms. The van der Waals surface area contributed by atoms with E-state index in [-0.39, 0.29) is 30.6 Å². The zero-order valence-electron chi connectivity index (χ0n) is 15.7. The van der Waals surface area contributed by atoms with E-state index in [1.54, 1.807) is 25.1 Å². The number of hydrogen-bond donors (Lipinski definition) is 1. The van der Waals surface area contributed by atoms with Crippen molar-refractivity contribution in [3.05, 3.63) is 72.3 Å². The average Bonchev–Trinajstić information content (AvgIpc) is 2.95. The predicted octanol–water partition coefficient (Wildman–Crippen LogP) is 4.42. The number of rotatable bonds is 6. The van der Waals surface area contributed by atoms with Crippen LogP contribution in [0.15, 0.2) is 60.1 Å². The Bertz CT molecular complexity index is 976. The van der Waals surface area contributed by atoms with E-state index >= 15 is 0 Å². The van der Waals surface area contributed by atoms with Crippen molar-refractivity contribution in [2.24, 2.45) is 4.99 Å². The number of hydrogen-bond acceptors (Lipinski definition) is 4. The lowest BCUT2D eigenvalue weighted by molar-refractivity contribution is -0.127. The third-order valence-corrected chi connectivity index (χ3v) is 5.39. The quantitative estimate of drug-likeness (QED) is 0.711. The fraction of sp³-hybridized carbons (Fsp3) is 0.190. The van der Waals surface area contributed by atoms with Crippen molar-refractivity contribution in [3.63, 3.8) is 0 Å². The van der Waals surface area contributed by atoms with E-state index in [2.05, 4.69) is 16.9 Å². The summed E-state index contributed by atoms with van der Waals surface area (Å²) >= 11 is 1.15. The van der Waals surface area contributed by atoms with Crippen LogP contribution in [0.3, 0.4) is 0 Å². The zero-order chi connectivity index (χ0) is 21.0. The maximum atomic E-state index is 13.8. The minimum absolute atomic E-state index is 0.0736. The van der Waals surface area contributed by atoms with Gasteiger partial charge in [0.1, 0.15) is 16.9 Å². The molecule has 0 spiro atoms. The first-order chi connectivity index (χ1) is 13.9. The minimum Gasteiger partial charge on any atom is -0.326 e. The Labute approximate surface area is 171 Å². The topological polar surface area (TPSA) is 61.8 Å². The Morgan fingerprint density at radius 1 is 1.28 bits per heavy atom. The Morgan fingerprint density at radius 3 is 2.66 bits per heavy atom. The van der Waals surface area contributed by atoms with Gasteiger partial charge in [-0.15, -0.1) is 6.58 Å². The van der Waals surface area contributed by atoms with Gasteiger partial charge in [0.25, 0.3) is 0 Å². The number of aliphatic imine (C=N–C) groups is 1. The average molecular weight is 415 g/mol. The van der Waals surface area contributed by atoms with Crippen LogP contribution in [0.4, 0.5) is 20.2 Å². The van der Waals surface area contributed by atoms with E-state index in [1.165, 1.54) is 35.2 Å². The van der Waals surface area contributed by atoms with Gasteiger partial charge in [-0.05, 0) is 48.9 Å². The highest BCUT2D eigenvalue weighted by Crippen LogP contribution is 2.32. The van der Waals surface area contributed by atoms with Crippen molar-refractivity contribution in [1.82, 2.24) is 4.90 Å². The molecular weight excluding hydrogens is 396 g/mol. The van der Waals surface area contributed by atoms with Gasteiger partial charge in [-0.2, -0.15) is 0 Å². The van der Waals surface area contributed by atoms with E-state index in [1.807, 2.05) is 0 Å². The van der Waals surface area contributed by atoms with Crippen molar-refractivity contribution in [2.75, 3.05) is 11.9 Å². The third-order valence-electron chi connectivity index (χ3n) is 4.21. The van der Waals surface area contributed by atoms with Gasteiger partial charge >= 0.3 is 0 Å². The normalized spacial score (nSPS) is 17.6. The first kappa shape index (κ1) is 20.7. The molecule has 2 amide bonds. The Balaban J connectivity index is 1.74. The number of amides is 2. The minimum atomic E-state index is -0.663. The fourth-order valence-corrected chi connectivity index (χ4v) is 3.86. The Morgan fingerprint density at radius 2 is 2.00 bits per heavy atom. The van der Waals surface area contributed by atoms with Gasteiger partial charge in [-0.3, -0.25) is 14.5 Å². The fourth-order valence-electron chi connectivity index (χ4n) is 2.70. The van der Waals surface area contributed by atoms with Gasteiger partial charge in [0, 0.05) is 18.7 Å². The van der Waals surface area contributed by atoms with Crippen LogP contribution in [0.2, 0.25) is 0 Å². The van der Waals surface area contributed by atoms with Crippen LogP contribution in [-0.2, 0) is 9.59 Å². The van der Waals surface area contributed by atoms with E-state index in [9.17, 15) is 18.4 Å². The van der Waals surface area contributed by atoms with Gasteiger partial charge in [-0.25, -0.2) is 13.8 Å². The smallest absolute Gasteiger partial charge is 0.242 e. The molecule has 1 heterocycles. The highest BCUT2D eigenvalue weighted by atomic mass is 32.2. The van der Waals surface area contributed by atoms with Gasteiger partial charge in [0.05, 0.1) is 5.69 Å². The van der Waals surface area contributed by atoms with E-state index in [0.717, 1.165) is 11.8 Å². The van der Waals surface area contributed by atoms with Crippen LogP contribution in [-0.4, -0.2) is 33.7 Å². The Hall–Kier alpha value is -3.00. The van der Waals surface area contributed by atoms with E-state index in [4.69, 9.17) is 0 Å². The molecule has 1 N–H and O–H groups in total. The van der Waals surface area contributed by atoms with Crippen LogP contribution < -0.4 is 5.32 Å².